The summed E-state index contributed by atoms with van der Waals surface area (Å²) in [7, 11) is 0. The summed E-state index contributed by atoms with van der Waals surface area (Å²) < 4.78 is 0. The number of phenols is 1. The van der Waals surface area contributed by atoms with Crippen molar-refractivity contribution in [1.82, 2.24) is 5.32 Å². The molecule has 0 bridgehead atoms. The molecule has 0 radical (unpaired) electrons. The van der Waals surface area contributed by atoms with Gasteiger partial charge in [-0.15, -0.1) is 11.8 Å². The molecular formula is C12H17NOS. The van der Waals surface area contributed by atoms with Crippen LogP contribution in [0.15, 0.2) is 23.1 Å². The fourth-order valence-corrected chi connectivity index (χ4v) is 2.55. The van der Waals surface area contributed by atoms with Gasteiger partial charge in [0.2, 0.25) is 0 Å². The van der Waals surface area contributed by atoms with Gasteiger partial charge in [0.1, 0.15) is 5.75 Å². The molecule has 82 valence electrons. The summed E-state index contributed by atoms with van der Waals surface area (Å²) in [6, 6.07) is 6.03. The van der Waals surface area contributed by atoms with Crippen molar-refractivity contribution in [3.05, 3.63) is 23.8 Å². The number of piperidine rings is 1. The van der Waals surface area contributed by atoms with Crippen molar-refractivity contribution in [3.63, 3.8) is 0 Å². The molecule has 2 rings (SSSR count). The molecular weight excluding hydrogens is 206 g/mol. The topological polar surface area (TPSA) is 32.3 Å². The van der Waals surface area contributed by atoms with Crippen LogP contribution in [0.5, 0.6) is 5.75 Å². The highest BCUT2D eigenvalue weighted by molar-refractivity contribution is 7.98. The monoisotopic (exact) mass is 223 g/mol. The second-order valence-corrected chi connectivity index (χ2v) is 4.85. The molecule has 0 amide bonds. The van der Waals surface area contributed by atoms with E-state index in [1.807, 2.05) is 12.3 Å². The van der Waals surface area contributed by atoms with Crippen LogP contribution in [0.4, 0.5) is 0 Å². The fourth-order valence-electron chi connectivity index (χ4n) is 2.11. The first-order valence-electron chi connectivity index (χ1n) is 5.39. The van der Waals surface area contributed by atoms with Crippen molar-refractivity contribution in [2.45, 2.75) is 23.7 Å². The van der Waals surface area contributed by atoms with Gasteiger partial charge in [-0.1, -0.05) is 6.07 Å². The maximum atomic E-state index is 9.93. The molecule has 1 heterocycles. The molecule has 1 fully saturated rings. The Bertz CT molecular complexity index is 334. The van der Waals surface area contributed by atoms with E-state index in [4.69, 9.17) is 0 Å². The van der Waals surface area contributed by atoms with Crippen LogP contribution in [-0.2, 0) is 0 Å². The van der Waals surface area contributed by atoms with Gasteiger partial charge in [-0.3, -0.25) is 0 Å². The molecule has 1 saturated heterocycles. The van der Waals surface area contributed by atoms with Gasteiger partial charge in [0, 0.05) is 17.4 Å². The number of benzene rings is 1. The molecule has 0 aliphatic carbocycles. The highest BCUT2D eigenvalue weighted by Crippen LogP contribution is 2.32. The van der Waals surface area contributed by atoms with Gasteiger partial charge in [0.05, 0.1) is 0 Å². The van der Waals surface area contributed by atoms with Crippen LogP contribution >= 0.6 is 11.8 Å². The Morgan fingerprint density at radius 3 is 2.93 bits per heavy atom. The number of aromatic hydroxyl groups is 1. The van der Waals surface area contributed by atoms with Gasteiger partial charge in [-0.25, -0.2) is 0 Å². The van der Waals surface area contributed by atoms with Crippen molar-refractivity contribution < 1.29 is 5.11 Å². The van der Waals surface area contributed by atoms with Gasteiger partial charge in [0.15, 0.2) is 0 Å². The Morgan fingerprint density at radius 2 is 2.33 bits per heavy atom. The first kappa shape index (κ1) is 10.8. The second-order valence-electron chi connectivity index (χ2n) is 3.97. The van der Waals surface area contributed by atoms with Crippen molar-refractivity contribution in [3.8, 4) is 5.75 Å². The van der Waals surface area contributed by atoms with Gasteiger partial charge in [-0.05, 0) is 43.3 Å². The third-order valence-electron chi connectivity index (χ3n) is 2.97. The maximum Gasteiger partial charge on any atom is 0.120 e. The molecule has 1 unspecified atom stereocenters. The molecule has 0 spiro atoms. The highest BCUT2D eigenvalue weighted by Gasteiger charge is 2.18. The van der Waals surface area contributed by atoms with E-state index in [-0.39, 0.29) is 0 Å². The Balaban J connectivity index is 2.19. The van der Waals surface area contributed by atoms with E-state index < -0.39 is 0 Å². The Kier molecular flexibility index (Phi) is 3.54. The van der Waals surface area contributed by atoms with Crippen molar-refractivity contribution in [2.24, 2.45) is 0 Å². The summed E-state index contributed by atoms with van der Waals surface area (Å²) in [5.41, 5.74) is 1.10. The number of thioether (sulfide) groups is 1. The number of nitrogens with one attached hydrogen (secondary N) is 1. The average Bonchev–Trinajstić information content (AvgIpc) is 2.30. The number of hydrogen-bond acceptors (Lipinski definition) is 3. The van der Waals surface area contributed by atoms with Gasteiger partial charge < -0.3 is 10.4 Å². The molecule has 1 aromatic rings. The Hall–Kier alpha value is -0.670. The van der Waals surface area contributed by atoms with E-state index in [9.17, 15) is 5.11 Å². The number of hydrogen-bond donors (Lipinski definition) is 2. The third kappa shape index (κ3) is 2.47. The quantitative estimate of drug-likeness (QED) is 0.756. The van der Waals surface area contributed by atoms with Gasteiger partial charge >= 0.3 is 0 Å². The summed E-state index contributed by atoms with van der Waals surface area (Å²) in [6.07, 6.45) is 4.41. The summed E-state index contributed by atoms with van der Waals surface area (Å²) in [5.74, 6) is 0.935. The molecule has 2 nitrogen and oxygen atoms in total. The van der Waals surface area contributed by atoms with Crippen molar-refractivity contribution >= 4 is 11.8 Å². The van der Waals surface area contributed by atoms with Crippen LogP contribution in [0.2, 0.25) is 0 Å². The first-order valence-corrected chi connectivity index (χ1v) is 6.61. The van der Waals surface area contributed by atoms with Crippen LogP contribution in [0.3, 0.4) is 0 Å². The smallest absolute Gasteiger partial charge is 0.120 e. The van der Waals surface area contributed by atoms with Gasteiger partial charge in [0.25, 0.3) is 0 Å². The predicted molar refractivity (Wildman–Crippen MR) is 64.7 cm³/mol. The van der Waals surface area contributed by atoms with E-state index in [1.165, 1.54) is 12.8 Å². The molecule has 1 atom stereocenters. The van der Waals surface area contributed by atoms with E-state index in [0.717, 1.165) is 23.5 Å². The SMILES string of the molecule is CSc1ccc(C2CCCNC2)c(O)c1. The second kappa shape index (κ2) is 4.90. The zero-order valence-corrected chi connectivity index (χ0v) is 9.81. The molecule has 3 heteroatoms. The lowest BCUT2D eigenvalue weighted by Gasteiger charge is -2.23. The highest BCUT2D eigenvalue weighted by atomic mass is 32.2. The third-order valence-corrected chi connectivity index (χ3v) is 3.70. The van der Waals surface area contributed by atoms with Crippen molar-refractivity contribution in [1.29, 1.82) is 0 Å². The molecule has 0 aromatic heterocycles. The minimum absolute atomic E-state index is 0.454. The van der Waals surface area contributed by atoms with Crippen molar-refractivity contribution in [2.75, 3.05) is 19.3 Å². The minimum Gasteiger partial charge on any atom is -0.508 e. The lowest BCUT2D eigenvalue weighted by Crippen LogP contribution is -2.28. The van der Waals surface area contributed by atoms with E-state index in [0.29, 0.717) is 11.7 Å². The summed E-state index contributed by atoms with van der Waals surface area (Å²) in [4.78, 5) is 1.13. The largest absolute Gasteiger partial charge is 0.508 e. The van der Waals surface area contributed by atoms with E-state index in [2.05, 4.69) is 17.4 Å². The Labute approximate surface area is 95.1 Å². The predicted octanol–water partition coefficient (Wildman–Crippen LogP) is 2.58. The summed E-state index contributed by atoms with van der Waals surface area (Å²) >= 11 is 1.66. The summed E-state index contributed by atoms with van der Waals surface area (Å²) in [5, 5.41) is 13.3. The van der Waals surface area contributed by atoms with Crippen LogP contribution in [0.25, 0.3) is 0 Å². The van der Waals surface area contributed by atoms with Crippen LogP contribution in [0, 0.1) is 0 Å². The number of phenolic OH excluding ortho intramolecular Hbond substituents is 1. The zero-order chi connectivity index (χ0) is 10.7. The fraction of sp³-hybridized carbons (Fsp3) is 0.500. The average molecular weight is 223 g/mol. The Morgan fingerprint density at radius 1 is 1.47 bits per heavy atom. The molecule has 1 aliphatic heterocycles. The van der Waals surface area contributed by atoms with E-state index >= 15 is 0 Å². The number of rotatable bonds is 2. The van der Waals surface area contributed by atoms with Crippen LogP contribution in [-0.4, -0.2) is 24.5 Å². The minimum atomic E-state index is 0.454. The molecule has 15 heavy (non-hydrogen) atoms. The standard InChI is InChI=1S/C12H17NOS/c1-15-10-4-5-11(12(14)7-10)9-3-2-6-13-8-9/h4-5,7,9,13-14H,2-3,6,8H2,1H3. The van der Waals surface area contributed by atoms with Gasteiger partial charge in [-0.2, -0.15) is 0 Å². The van der Waals surface area contributed by atoms with Crippen LogP contribution < -0.4 is 5.32 Å². The normalized spacial score (nSPS) is 21.5. The molecule has 1 aliphatic rings. The lowest BCUT2D eigenvalue weighted by atomic mass is 9.91. The zero-order valence-electron chi connectivity index (χ0n) is 8.99. The maximum absolute atomic E-state index is 9.93. The molecule has 2 N–H and O–H groups in total. The lowest BCUT2D eigenvalue weighted by molar-refractivity contribution is 0.424. The van der Waals surface area contributed by atoms with Crippen LogP contribution in [0.1, 0.15) is 24.3 Å². The molecule has 1 aromatic carbocycles. The summed E-state index contributed by atoms with van der Waals surface area (Å²) in [6.45, 7) is 2.10. The van der Waals surface area contributed by atoms with E-state index in [1.54, 1.807) is 11.8 Å². The molecule has 0 saturated carbocycles. The first-order chi connectivity index (χ1) is 7.31.